The van der Waals surface area contributed by atoms with Crippen molar-refractivity contribution < 1.29 is 23.8 Å². The molecule has 0 radical (unpaired) electrons. The quantitative estimate of drug-likeness (QED) is 0.146. The van der Waals surface area contributed by atoms with Crippen LogP contribution in [0.15, 0.2) is 30.3 Å². The van der Waals surface area contributed by atoms with Gasteiger partial charge in [0.1, 0.15) is 0 Å². The van der Waals surface area contributed by atoms with Crippen LogP contribution in [-0.2, 0) is 23.8 Å². The lowest BCUT2D eigenvalue weighted by Gasteiger charge is -2.17. The zero-order chi connectivity index (χ0) is 24.0. The van der Waals surface area contributed by atoms with E-state index >= 15 is 0 Å². The molecule has 0 N–H and O–H groups in total. The molecule has 0 saturated heterocycles. The van der Waals surface area contributed by atoms with Crippen molar-refractivity contribution in [2.24, 2.45) is 0 Å². The summed E-state index contributed by atoms with van der Waals surface area (Å²) in [5, 5.41) is 0. The first kappa shape index (κ1) is 29.2. The Balaban J connectivity index is 2.03. The van der Waals surface area contributed by atoms with Crippen LogP contribution in [0.3, 0.4) is 0 Å². The molecule has 1 rings (SSSR count). The van der Waals surface area contributed by atoms with Gasteiger partial charge in [0.05, 0.1) is 13.2 Å². The Hall–Kier alpha value is -1.88. The van der Waals surface area contributed by atoms with Crippen LogP contribution in [0.2, 0.25) is 0 Å². The zero-order valence-corrected chi connectivity index (χ0v) is 21.0. The fourth-order valence-electron chi connectivity index (χ4n) is 3.90. The minimum atomic E-state index is -0.250. The van der Waals surface area contributed by atoms with Gasteiger partial charge in [0, 0.05) is 26.6 Å². The molecule has 0 bridgehead atoms. The molecule has 0 saturated carbocycles. The molecule has 5 heteroatoms. The van der Waals surface area contributed by atoms with E-state index in [0.29, 0.717) is 32.2 Å². The number of carbonyl (C=O) groups is 2. The molecule has 1 aromatic carbocycles. The average Bonchev–Trinajstić information content (AvgIpc) is 2.83. The molecule has 188 valence electrons. The first-order chi connectivity index (χ1) is 16.2. The standard InChI is InChI=1S/C28H46O5/c1-3-4-5-6-7-8-9-10-14-22-32-27(29)18-15-19-28(30)33-24-21-26(20-23-31-2)25-16-12-11-13-17-25/h11-13,16-17,26H,3-10,14-15,18-24H2,1-2H3. The van der Waals surface area contributed by atoms with Gasteiger partial charge in [0.25, 0.3) is 0 Å². The Morgan fingerprint density at radius 3 is 1.85 bits per heavy atom. The first-order valence-electron chi connectivity index (χ1n) is 13.0. The lowest BCUT2D eigenvalue weighted by Crippen LogP contribution is -2.12. The van der Waals surface area contributed by atoms with E-state index in [9.17, 15) is 9.59 Å². The van der Waals surface area contributed by atoms with E-state index in [1.165, 1.54) is 50.5 Å². The van der Waals surface area contributed by atoms with Gasteiger partial charge in [-0.1, -0.05) is 88.6 Å². The van der Waals surface area contributed by atoms with E-state index in [-0.39, 0.29) is 24.8 Å². The lowest BCUT2D eigenvalue weighted by molar-refractivity contribution is -0.145. The van der Waals surface area contributed by atoms with Gasteiger partial charge in [-0.3, -0.25) is 9.59 Å². The Morgan fingerprint density at radius 2 is 1.24 bits per heavy atom. The maximum atomic E-state index is 12.0. The maximum absolute atomic E-state index is 12.0. The molecular formula is C28H46O5. The van der Waals surface area contributed by atoms with Crippen molar-refractivity contribution in [2.75, 3.05) is 26.9 Å². The molecular weight excluding hydrogens is 416 g/mol. The van der Waals surface area contributed by atoms with Crippen LogP contribution in [0, 0.1) is 0 Å². The second-order valence-corrected chi connectivity index (χ2v) is 8.80. The highest BCUT2D eigenvalue weighted by molar-refractivity contribution is 5.72. The summed E-state index contributed by atoms with van der Waals surface area (Å²) in [6.45, 7) is 3.78. The van der Waals surface area contributed by atoms with Gasteiger partial charge >= 0.3 is 11.9 Å². The van der Waals surface area contributed by atoms with Gasteiger partial charge in [0.15, 0.2) is 0 Å². The highest BCUT2D eigenvalue weighted by Crippen LogP contribution is 2.23. The zero-order valence-electron chi connectivity index (χ0n) is 21.0. The van der Waals surface area contributed by atoms with E-state index < -0.39 is 0 Å². The van der Waals surface area contributed by atoms with E-state index in [1.54, 1.807) is 7.11 Å². The van der Waals surface area contributed by atoms with Gasteiger partial charge in [0.2, 0.25) is 0 Å². The van der Waals surface area contributed by atoms with Crippen molar-refractivity contribution in [3.8, 4) is 0 Å². The van der Waals surface area contributed by atoms with Crippen LogP contribution in [0.1, 0.15) is 108 Å². The molecule has 0 heterocycles. The summed E-state index contributed by atoms with van der Waals surface area (Å²) >= 11 is 0. The van der Waals surface area contributed by atoms with Crippen LogP contribution < -0.4 is 0 Å². The van der Waals surface area contributed by atoms with Crippen molar-refractivity contribution in [3.05, 3.63) is 35.9 Å². The minimum absolute atomic E-state index is 0.217. The largest absolute Gasteiger partial charge is 0.466 e. The fourth-order valence-corrected chi connectivity index (χ4v) is 3.90. The number of rotatable bonds is 21. The van der Waals surface area contributed by atoms with E-state index in [4.69, 9.17) is 14.2 Å². The first-order valence-corrected chi connectivity index (χ1v) is 13.0. The molecule has 0 aliphatic rings. The van der Waals surface area contributed by atoms with Crippen LogP contribution in [0.25, 0.3) is 0 Å². The molecule has 0 spiro atoms. The highest BCUT2D eigenvalue weighted by Gasteiger charge is 2.13. The highest BCUT2D eigenvalue weighted by atomic mass is 16.5. The number of carbonyl (C=O) groups excluding carboxylic acids is 2. The Bertz CT molecular complexity index is 602. The molecule has 33 heavy (non-hydrogen) atoms. The molecule has 5 nitrogen and oxygen atoms in total. The van der Waals surface area contributed by atoms with Crippen molar-refractivity contribution in [1.82, 2.24) is 0 Å². The van der Waals surface area contributed by atoms with Gasteiger partial charge < -0.3 is 14.2 Å². The average molecular weight is 463 g/mol. The molecule has 1 atom stereocenters. The van der Waals surface area contributed by atoms with Crippen molar-refractivity contribution >= 4 is 11.9 Å². The molecule has 0 aliphatic carbocycles. The SMILES string of the molecule is CCCCCCCCCCCOC(=O)CCCC(=O)OCCC(CCOC)c1ccccc1. The monoisotopic (exact) mass is 462 g/mol. The number of ether oxygens (including phenoxy) is 3. The summed E-state index contributed by atoms with van der Waals surface area (Å²) in [7, 11) is 1.70. The summed E-state index contributed by atoms with van der Waals surface area (Å²) in [4.78, 5) is 23.8. The summed E-state index contributed by atoms with van der Waals surface area (Å²) in [5.41, 5.74) is 1.24. The predicted octanol–water partition coefficient (Wildman–Crippen LogP) is 6.98. The smallest absolute Gasteiger partial charge is 0.305 e. The lowest BCUT2D eigenvalue weighted by atomic mass is 9.93. The maximum Gasteiger partial charge on any atom is 0.305 e. The molecule has 0 aromatic heterocycles. The molecule has 1 aromatic rings. The molecule has 1 unspecified atom stereocenters. The number of esters is 2. The van der Waals surface area contributed by atoms with Gasteiger partial charge in [-0.2, -0.15) is 0 Å². The van der Waals surface area contributed by atoms with E-state index in [2.05, 4.69) is 19.1 Å². The van der Waals surface area contributed by atoms with Crippen molar-refractivity contribution in [1.29, 1.82) is 0 Å². The van der Waals surface area contributed by atoms with Crippen molar-refractivity contribution in [2.45, 2.75) is 103 Å². The summed E-state index contributed by atoms with van der Waals surface area (Å²) in [6.07, 6.45) is 13.8. The third-order valence-electron chi connectivity index (χ3n) is 5.94. The van der Waals surface area contributed by atoms with Crippen LogP contribution >= 0.6 is 0 Å². The van der Waals surface area contributed by atoms with Crippen LogP contribution in [0.4, 0.5) is 0 Å². The molecule has 0 amide bonds. The number of unbranched alkanes of at least 4 members (excludes halogenated alkanes) is 8. The second kappa shape index (κ2) is 20.7. The van der Waals surface area contributed by atoms with Gasteiger partial charge in [-0.25, -0.2) is 0 Å². The Kier molecular flexibility index (Phi) is 18.3. The van der Waals surface area contributed by atoms with E-state index in [0.717, 1.165) is 25.7 Å². The number of hydrogen-bond acceptors (Lipinski definition) is 5. The van der Waals surface area contributed by atoms with Crippen LogP contribution in [0.5, 0.6) is 0 Å². The third-order valence-corrected chi connectivity index (χ3v) is 5.94. The Morgan fingerprint density at radius 1 is 0.697 bits per heavy atom. The number of benzene rings is 1. The second-order valence-electron chi connectivity index (χ2n) is 8.80. The van der Waals surface area contributed by atoms with Gasteiger partial charge in [-0.05, 0) is 37.2 Å². The predicted molar refractivity (Wildman–Crippen MR) is 133 cm³/mol. The molecule has 0 aliphatic heterocycles. The van der Waals surface area contributed by atoms with Crippen LogP contribution in [-0.4, -0.2) is 38.9 Å². The normalized spacial score (nSPS) is 11.8. The number of hydrogen-bond donors (Lipinski definition) is 0. The minimum Gasteiger partial charge on any atom is -0.466 e. The van der Waals surface area contributed by atoms with Gasteiger partial charge in [-0.15, -0.1) is 0 Å². The van der Waals surface area contributed by atoms with Crippen molar-refractivity contribution in [3.63, 3.8) is 0 Å². The number of methoxy groups -OCH3 is 1. The van der Waals surface area contributed by atoms with E-state index in [1.807, 2.05) is 18.2 Å². The fraction of sp³-hybridized carbons (Fsp3) is 0.714. The summed E-state index contributed by atoms with van der Waals surface area (Å²) in [5.74, 6) is -0.165. The summed E-state index contributed by atoms with van der Waals surface area (Å²) in [6, 6.07) is 10.2. The Labute approximate surface area is 201 Å². The summed E-state index contributed by atoms with van der Waals surface area (Å²) < 4.78 is 15.9. The topological polar surface area (TPSA) is 61.8 Å². The molecule has 0 fully saturated rings. The third kappa shape index (κ3) is 16.4.